The van der Waals surface area contributed by atoms with Gasteiger partial charge in [0.1, 0.15) is 0 Å². The van der Waals surface area contributed by atoms with E-state index in [0.717, 1.165) is 18.3 Å². The first kappa shape index (κ1) is 25.8. The van der Waals surface area contributed by atoms with E-state index in [9.17, 15) is 0 Å². The molecule has 1 unspecified atom stereocenters. The Bertz CT molecular complexity index is 202. The molecule has 2 aliphatic rings. The number of hydrogen-bond donors (Lipinski definition) is 0. The van der Waals surface area contributed by atoms with Crippen molar-refractivity contribution in [1.82, 2.24) is 0 Å². The molecule has 23 heavy (non-hydrogen) atoms. The average Bonchev–Trinajstić information content (AvgIpc) is 2.57. The van der Waals surface area contributed by atoms with Crippen LogP contribution in [-0.2, 0) is 20.9 Å². The number of nitrogens with zero attached hydrogens (tertiary/aromatic N) is 1. The molecule has 0 saturated heterocycles. The largest absolute Gasteiger partial charge is 0.344 e. The molecule has 1 atom stereocenters. The van der Waals surface area contributed by atoms with Crippen LogP contribution in [0, 0.1) is 31.6 Å². The van der Waals surface area contributed by atoms with Gasteiger partial charge in [0.2, 0.25) is 0 Å². The van der Waals surface area contributed by atoms with Gasteiger partial charge in [0.05, 0.1) is 0 Å². The molecule has 2 saturated carbocycles. The van der Waals surface area contributed by atoms with Crippen molar-refractivity contribution in [2.24, 2.45) is 15.2 Å². The Morgan fingerprint density at radius 1 is 0.957 bits per heavy atom. The van der Waals surface area contributed by atoms with Crippen molar-refractivity contribution < 1.29 is 20.9 Å². The molecule has 0 aromatic heterocycles. The predicted molar refractivity (Wildman–Crippen MR) is 102 cm³/mol. The topological polar surface area (TPSA) is 12.4 Å². The molecule has 2 aliphatic carbocycles. The Balaban J connectivity index is 0. The summed E-state index contributed by atoms with van der Waals surface area (Å²) in [4.78, 5) is 0. The maximum absolute atomic E-state index is 4.12. The summed E-state index contributed by atoms with van der Waals surface area (Å²) >= 11 is 1.18. The van der Waals surface area contributed by atoms with Crippen molar-refractivity contribution in [3.05, 3.63) is 19.8 Å². The van der Waals surface area contributed by atoms with Crippen LogP contribution in [0.5, 0.6) is 0 Å². The van der Waals surface area contributed by atoms with Crippen LogP contribution in [0.1, 0.15) is 98.8 Å². The van der Waals surface area contributed by atoms with Crippen molar-refractivity contribution in [2.75, 3.05) is 0 Å². The van der Waals surface area contributed by atoms with Crippen LogP contribution in [0.25, 0.3) is 0 Å². The van der Waals surface area contributed by atoms with Crippen LogP contribution < -0.4 is 0 Å². The normalized spacial score (nSPS) is 19.7. The van der Waals surface area contributed by atoms with E-state index in [1.54, 1.807) is 0 Å². The predicted octanol–water partition coefficient (Wildman–Crippen LogP) is 7.55. The summed E-state index contributed by atoms with van der Waals surface area (Å²) in [7, 11) is 0. The molecule has 0 amide bonds. The van der Waals surface area contributed by atoms with Gasteiger partial charge in [-0.2, -0.15) is 32.1 Å². The van der Waals surface area contributed by atoms with Crippen LogP contribution in [0.4, 0.5) is 0 Å². The molecular formula is C21H42NTa-3. The van der Waals surface area contributed by atoms with Gasteiger partial charge in [-0.3, -0.25) is 0 Å². The van der Waals surface area contributed by atoms with E-state index in [-0.39, 0.29) is 0 Å². The average molecular weight is 490 g/mol. The number of rotatable bonds is 2. The molecular weight excluding hydrogens is 447 g/mol. The molecule has 0 aliphatic heterocycles. The van der Waals surface area contributed by atoms with Crippen molar-refractivity contribution in [1.29, 1.82) is 0 Å². The zero-order valence-corrected chi connectivity index (χ0v) is 19.8. The molecule has 2 heteroatoms. The van der Waals surface area contributed by atoms with Gasteiger partial charge in [0.15, 0.2) is 0 Å². The van der Waals surface area contributed by atoms with Crippen molar-refractivity contribution in [3.8, 4) is 0 Å². The molecule has 0 aromatic carbocycles. The zero-order valence-electron chi connectivity index (χ0n) is 16.6. The van der Waals surface area contributed by atoms with Gasteiger partial charge < -0.3 is 19.8 Å². The second-order valence-corrected chi connectivity index (χ2v) is 7.80. The van der Waals surface area contributed by atoms with Gasteiger partial charge in [-0.1, -0.05) is 46.5 Å². The van der Waals surface area contributed by atoms with Crippen molar-refractivity contribution in [2.45, 2.75) is 105 Å². The fourth-order valence-electron chi connectivity index (χ4n) is 2.27. The minimum absolute atomic E-state index is 0.610. The summed E-state index contributed by atoms with van der Waals surface area (Å²) in [6.45, 7) is 14.5. The third kappa shape index (κ3) is 22.5. The fourth-order valence-corrected chi connectivity index (χ4v) is 2.86. The third-order valence-corrected chi connectivity index (χ3v) is 5.66. The monoisotopic (exact) mass is 489 g/mol. The molecule has 0 spiro atoms. The Labute approximate surface area is 160 Å². The first-order valence-corrected chi connectivity index (χ1v) is 11.2. The maximum Gasteiger partial charge on any atom is -0.0927 e. The van der Waals surface area contributed by atoms with Gasteiger partial charge >= 0.3 is 50.5 Å². The SMILES string of the molecule is CC1CC[CH-]CC1.CC1CC[CH-]CC1.CCC(C)[N]=[Ta].[CH2-]CC. The Morgan fingerprint density at radius 2 is 1.26 bits per heavy atom. The summed E-state index contributed by atoms with van der Waals surface area (Å²) < 4.78 is 4.12. The Morgan fingerprint density at radius 3 is 1.35 bits per heavy atom. The summed E-state index contributed by atoms with van der Waals surface area (Å²) in [5.74, 6) is 2.01. The first-order chi connectivity index (χ1) is 11.0. The minimum atomic E-state index is 0.610. The maximum atomic E-state index is 4.12. The third-order valence-electron chi connectivity index (χ3n) is 4.24. The molecule has 0 aromatic rings. The van der Waals surface area contributed by atoms with E-state index in [1.165, 1.54) is 78.7 Å². The van der Waals surface area contributed by atoms with Crippen LogP contribution in [-0.4, -0.2) is 6.04 Å². The molecule has 2 fully saturated rings. The summed E-state index contributed by atoms with van der Waals surface area (Å²) in [6, 6.07) is 0.610. The van der Waals surface area contributed by atoms with Gasteiger partial charge in [0, 0.05) is 0 Å². The summed E-state index contributed by atoms with van der Waals surface area (Å²) in [6.07, 6.45) is 18.2. The van der Waals surface area contributed by atoms with E-state index in [2.05, 4.69) is 50.8 Å². The molecule has 1 nitrogen and oxygen atoms in total. The molecule has 0 radical (unpaired) electrons. The quantitative estimate of drug-likeness (QED) is 0.355. The number of hydrogen-bond acceptors (Lipinski definition) is 1. The van der Waals surface area contributed by atoms with Gasteiger partial charge in [0.25, 0.3) is 0 Å². The van der Waals surface area contributed by atoms with E-state index < -0.39 is 0 Å². The molecule has 0 bridgehead atoms. The van der Waals surface area contributed by atoms with E-state index in [4.69, 9.17) is 0 Å². The minimum Gasteiger partial charge on any atom is -0.344 e. The van der Waals surface area contributed by atoms with Gasteiger partial charge in [-0.05, 0) is 11.8 Å². The molecule has 0 heterocycles. The van der Waals surface area contributed by atoms with Crippen LogP contribution in [0.2, 0.25) is 0 Å². The standard InChI is InChI=1S/2C7H13.C4H9N.C3H7.Ta/c2*1-7-5-3-2-4-6-7;1-3-4(2)5;1-3-2;/h2*2,7H,3-6H2,1H3;4H,3H2,1-2H3;1,3H2,2H3;/q2*-1;;-1;. The molecule has 0 N–H and O–H groups in total. The van der Waals surface area contributed by atoms with E-state index in [0.29, 0.717) is 6.04 Å². The van der Waals surface area contributed by atoms with E-state index in [1.807, 2.05) is 6.92 Å². The fraction of sp³-hybridized carbons (Fsp3) is 0.857. The van der Waals surface area contributed by atoms with Crippen LogP contribution in [0.3, 0.4) is 0 Å². The van der Waals surface area contributed by atoms with Gasteiger partial charge in [-0.25, -0.2) is 0 Å². The smallest absolute Gasteiger partial charge is 0.0927 e. The Hall–Kier alpha value is 0.540. The van der Waals surface area contributed by atoms with Crippen molar-refractivity contribution >= 4 is 0 Å². The second-order valence-electron chi connectivity index (χ2n) is 6.97. The van der Waals surface area contributed by atoms with Gasteiger partial charge in [-0.15, -0.1) is 0 Å². The summed E-state index contributed by atoms with van der Waals surface area (Å²) in [5.41, 5.74) is 0. The second kappa shape index (κ2) is 20.6. The molecule has 2 rings (SSSR count). The Kier molecular flexibility index (Phi) is 23.1. The molecule has 139 valence electrons. The van der Waals surface area contributed by atoms with Crippen molar-refractivity contribution in [3.63, 3.8) is 0 Å². The van der Waals surface area contributed by atoms with Crippen LogP contribution >= 0.6 is 0 Å². The summed E-state index contributed by atoms with van der Waals surface area (Å²) in [5, 5.41) is 0. The van der Waals surface area contributed by atoms with E-state index >= 15 is 0 Å². The zero-order chi connectivity index (χ0) is 17.9. The first-order valence-electron chi connectivity index (χ1n) is 9.78. The van der Waals surface area contributed by atoms with Crippen LogP contribution in [0.15, 0.2) is 3.34 Å².